The third-order valence-corrected chi connectivity index (χ3v) is 5.22. The predicted molar refractivity (Wildman–Crippen MR) is 108 cm³/mol. The second-order valence-electron chi connectivity index (χ2n) is 7.82. The second-order valence-corrected chi connectivity index (χ2v) is 7.82. The topological polar surface area (TPSA) is 34.1 Å². The van der Waals surface area contributed by atoms with Crippen molar-refractivity contribution in [3.8, 4) is 11.5 Å². The average molecular weight is 364 g/mol. The first-order chi connectivity index (χ1) is 13.1. The Hall–Kier alpha value is -2.49. The highest BCUT2D eigenvalue weighted by atomic mass is 16.5. The van der Waals surface area contributed by atoms with Crippen LogP contribution >= 0.6 is 0 Å². The highest BCUT2D eigenvalue weighted by Crippen LogP contribution is 2.47. The van der Waals surface area contributed by atoms with Gasteiger partial charge in [0.25, 0.3) is 0 Å². The smallest absolute Gasteiger partial charge is 0.188 e. The Labute approximate surface area is 161 Å². The number of para-hydroxylation sites is 1. The summed E-state index contributed by atoms with van der Waals surface area (Å²) in [4.78, 5) is 0. The lowest BCUT2D eigenvalue weighted by molar-refractivity contribution is -0.0310. The molecule has 0 aromatic heterocycles. The maximum absolute atomic E-state index is 6.44. The van der Waals surface area contributed by atoms with Crippen molar-refractivity contribution >= 4 is 5.71 Å². The fraction of sp³-hybridized carbons (Fsp3) is 0.435. The molecule has 0 amide bonds. The number of hydrogen-bond donors (Lipinski definition) is 0. The number of hydrogen-bond acceptors (Lipinski definition) is 4. The van der Waals surface area contributed by atoms with E-state index in [9.17, 15) is 0 Å². The zero-order valence-electron chi connectivity index (χ0n) is 16.6. The van der Waals surface area contributed by atoms with Crippen LogP contribution in [0, 0.1) is 12.8 Å². The molecular formula is C23H28N2O2. The second kappa shape index (κ2) is 7.26. The molecule has 0 radical (unpaired) electrons. The highest BCUT2D eigenvalue weighted by molar-refractivity contribution is 6.02. The highest BCUT2D eigenvalue weighted by Gasteiger charge is 2.41. The van der Waals surface area contributed by atoms with Crippen LogP contribution in [0.5, 0.6) is 11.5 Å². The SMILES string of the molecule is CCOc1cccc2c1OC(CC(C)C)N1N=C(c3ccc(C)cc3)CC21. The largest absolute Gasteiger partial charge is 0.490 e. The van der Waals surface area contributed by atoms with E-state index in [2.05, 4.69) is 62.2 Å². The lowest BCUT2D eigenvalue weighted by atomic mass is 9.95. The van der Waals surface area contributed by atoms with Gasteiger partial charge in [-0.15, -0.1) is 0 Å². The normalized spacial score (nSPS) is 20.8. The van der Waals surface area contributed by atoms with Crippen molar-refractivity contribution in [1.29, 1.82) is 0 Å². The quantitative estimate of drug-likeness (QED) is 0.721. The minimum Gasteiger partial charge on any atom is -0.490 e. The molecule has 2 unspecified atom stereocenters. The van der Waals surface area contributed by atoms with Crippen molar-refractivity contribution in [2.24, 2.45) is 11.0 Å². The lowest BCUT2D eigenvalue weighted by Crippen LogP contribution is -2.41. The number of ether oxygens (including phenoxy) is 2. The molecular weight excluding hydrogens is 336 g/mol. The van der Waals surface area contributed by atoms with E-state index in [-0.39, 0.29) is 12.3 Å². The molecule has 0 bridgehead atoms. The molecule has 142 valence electrons. The summed E-state index contributed by atoms with van der Waals surface area (Å²) in [7, 11) is 0. The van der Waals surface area contributed by atoms with Crippen LogP contribution in [0.15, 0.2) is 47.6 Å². The molecule has 2 aromatic carbocycles. The van der Waals surface area contributed by atoms with E-state index in [1.165, 1.54) is 16.7 Å². The molecule has 0 saturated carbocycles. The Kier molecular flexibility index (Phi) is 4.81. The third kappa shape index (κ3) is 3.41. The van der Waals surface area contributed by atoms with Crippen LogP contribution in [-0.2, 0) is 0 Å². The molecule has 0 N–H and O–H groups in total. The van der Waals surface area contributed by atoms with Crippen LogP contribution < -0.4 is 9.47 Å². The molecule has 0 fully saturated rings. The van der Waals surface area contributed by atoms with Gasteiger partial charge in [-0.05, 0) is 31.4 Å². The molecule has 2 heterocycles. The average Bonchev–Trinajstić information content (AvgIpc) is 3.09. The van der Waals surface area contributed by atoms with Crippen LogP contribution in [0.1, 0.15) is 56.3 Å². The summed E-state index contributed by atoms with van der Waals surface area (Å²) in [6, 6.07) is 15.0. The molecule has 0 saturated heterocycles. The van der Waals surface area contributed by atoms with E-state index in [0.717, 1.165) is 30.1 Å². The summed E-state index contributed by atoms with van der Waals surface area (Å²) in [6.45, 7) is 9.20. The van der Waals surface area contributed by atoms with Gasteiger partial charge in [-0.2, -0.15) is 5.10 Å². The van der Waals surface area contributed by atoms with Crippen LogP contribution in [0.2, 0.25) is 0 Å². The van der Waals surface area contributed by atoms with Gasteiger partial charge in [0.05, 0.1) is 18.4 Å². The molecule has 4 heteroatoms. The van der Waals surface area contributed by atoms with Gasteiger partial charge >= 0.3 is 0 Å². The van der Waals surface area contributed by atoms with Crippen molar-refractivity contribution < 1.29 is 9.47 Å². The van der Waals surface area contributed by atoms with Crippen molar-refractivity contribution in [1.82, 2.24) is 5.01 Å². The Bertz CT molecular complexity index is 842. The first-order valence-corrected chi connectivity index (χ1v) is 9.92. The number of hydrazone groups is 1. The Morgan fingerprint density at radius 2 is 1.96 bits per heavy atom. The van der Waals surface area contributed by atoms with Gasteiger partial charge < -0.3 is 9.47 Å². The summed E-state index contributed by atoms with van der Waals surface area (Å²) in [5.74, 6) is 2.26. The van der Waals surface area contributed by atoms with Gasteiger partial charge in [-0.25, -0.2) is 0 Å². The Morgan fingerprint density at radius 3 is 2.67 bits per heavy atom. The third-order valence-electron chi connectivity index (χ3n) is 5.22. The summed E-state index contributed by atoms with van der Waals surface area (Å²) in [5.41, 5.74) is 4.77. The molecule has 0 spiro atoms. The summed E-state index contributed by atoms with van der Waals surface area (Å²) in [5, 5.41) is 7.18. The molecule has 27 heavy (non-hydrogen) atoms. The van der Waals surface area contributed by atoms with Crippen LogP contribution in [-0.4, -0.2) is 23.6 Å². The monoisotopic (exact) mass is 364 g/mol. The van der Waals surface area contributed by atoms with Crippen LogP contribution in [0.25, 0.3) is 0 Å². The molecule has 2 aromatic rings. The Morgan fingerprint density at radius 1 is 1.19 bits per heavy atom. The van der Waals surface area contributed by atoms with Gasteiger partial charge in [-0.1, -0.05) is 55.8 Å². The number of benzene rings is 2. The van der Waals surface area contributed by atoms with E-state index in [1.54, 1.807) is 0 Å². The van der Waals surface area contributed by atoms with Gasteiger partial charge in [0.1, 0.15) is 0 Å². The van der Waals surface area contributed by atoms with Gasteiger partial charge in [-0.3, -0.25) is 5.01 Å². The summed E-state index contributed by atoms with van der Waals surface area (Å²) in [6.07, 6.45) is 1.76. The number of fused-ring (bicyclic) bond motifs is 3. The molecule has 2 atom stereocenters. The molecule has 2 aliphatic heterocycles. The minimum absolute atomic E-state index is 0.0629. The fourth-order valence-electron chi connectivity index (χ4n) is 3.91. The zero-order chi connectivity index (χ0) is 19.0. The maximum atomic E-state index is 6.44. The van der Waals surface area contributed by atoms with E-state index in [0.29, 0.717) is 12.5 Å². The number of aryl methyl sites for hydroxylation is 1. The number of nitrogens with zero attached hydrogens (tertiary/aromatic N) is 2. The summed E-state index contributed by atoms with van der Waals surface area (Å²) < 4.78 is 12.3. The Balaban J connectivity index is 1.72. The van der Waals surface area contributed by atoms with Crippen molar-refractivity contribution in [3.63, 3.8) is 0 Å². The lowest BCUT2D eigenvalue weighted by Gasteiger charge is -2.39. The van der Waals surface area contributed by atoms with E-state index < -0.39 is 0 Å². The van der Waals surface area contributed by atoms with Gasteiger partial charge in [0, 0.05) is 18.4 Å². The fourth-order valence-corrected chi connectivity index (χ4v) is 3.91. The first kappa shape index (κ1) is 17.9. The molecule has 4 rings (SSSR count). The molecule has 0 aliphatic carbocycles. The van der Waals surface area contributed by atoms with E-state index in [1.807, 2.05) is 13.0 Å². The summed E-state index contributed by atoms with van der Waals surface area (Å²) >= 11 is 0. The van der Waals surface area contributed by atoms with E-state index in [4.69, 9.17) is 14.6 Å². The van der Waals surface area contributed by atoms with Crippen LogP contribution in [0.3, 0.4) is 0 Å². The van der Waals surface area contributed by atoms with Crippen molar-refractivity contribution in [3.05, 3.63) is 59.2 Å². The molecule has 4 nitrogen and oxygen atoms in total. The van der Waals surface area contributed by atoms with Crippen LogP contribution in [0.4, 0.5) is 0 Å². The maximum Gasteiger partial charge on any atom is 0.188 e. The van der Waals surface area contributed by atoms with Gasteiger partial charge in [0.2, 0.25) is 0 Å². The van der Waals surface area contributed by atoms with Crippen molar-refractivity contribution in [2.45, 2.75) is 52.8 Å². The standard InChI is InChI=1S/C23H28N2O2/c1-5-26-21-8-6-7-18-20-14-19(17-11-9-16(4)10-12-17)24-25(20)22(13-15(2)3)27-23(18)21/h6-12,15,20,22H,5,13-14H2,1-4H3. The molecule has 2 aliphatic rings. The van der Waals surface area contributed by atoms with Crippen molar-refractivity contribution in [2.75, 3.05) is 6.61 Å². The minimum atomic E-state index is -0.0629. The first-order valence-electron chi connectivity index (χ1n) is 9.92. The predicted octanol–water partition coefficient (Wildman–Crippen LogP) is 5.31. The van der Waals surface area contributed by atoms with E-state index >= 15 is 0 Å². The zero-order valence-corrected chi connectivity index (χ0v) is 16.6. The van der Waals surface area contributed by atoms with Gasteiger partial charge in [0.15, 0.2) is 17.7 Å². The number of rotatable bonds is 5.